The highest BCUT2D eigenvalue weighted by atomic mass is 32.2. The number of thioether (sulfide) groups is 1. The van der Waals surface area contributed by atoms with E-state index in [0.29, 0.717) is 11.3 Å². The van der Waals surface area contributed by atoms with Gasteiger partial charge in [-0.2, -0.15) is 11.8 Å². The lowest BCUT2D eigenvalue weighted by Crippen LogP contribution is -2.49. The molecule has 2 heterocycles. The Balaban J connectivity index is 1.41. The second-order valence-corrected chi connectivity index (χ2v) is 8.02. The summed E-state index contributed by atoms with van der Waals surface area (Å²) in [6, 6.07) is 6.76. The van der Waals surface area contributed by atoms with Crippen LogP contribution in [0.25, 0.3) is 0 Å². The second-order valence-electron chi connectivity index (χ2n) is 6.88. The van der Waals surface area contributed by atoms with Crippen molar-refractivity contribution in [2.75, 3.05) is 24.2 Å². The number of piperidine rings is 1. The van der Waals surface area contributed by atoms with Crippen LogP contribution in [0.4, 0.5) is 10.6 Å². The van der Waals surface area contributed by atoms with Crippen LogP contribution in [0.2, 0.25) is 0 Å². The predicted octanol–water partition coefficient (Wildman–Crippen LogP) is 2.94. The Hall–Kier alpha value is -1.43. The van der Waals surface area contributed by atoms with Gasteiger partial charge in [0.15, 0.2) is 0 Å². The van der Waals surface area contributed by atoms with E-state index in [-0.39, 0.29) is 12.1 Å². The van der Waals surface area contributed by atoms with Gasteiger partial charge in [0.25, 0.3) is 0 Å². The maximum absolute atomic E-state index is 12.2. The molecule has 0 spiro atoms. The number of amides is 2. The number of carbonyl (C=O) groups is 1. The monoisotopic (exact) mass is 348 g/mol. The van der Waals surface area contributed by atoms with Crippen LogP contribution in [0.15, 0.2) is 18.2 Å². The number of pyridine rings is 1. The molecule has 0 unspecified atom stereocenters. The van der Waals surface area contributed by atoms with Gasteiger partial charge in [0, 0.05) is 36.1 Å². The maximum Gasteiger partial charge on any atom is 0.315 e. The fraction of sp³-hybridized carbons (Fsp3) is 0.667. The highest BCUT2D eigenvalue weighted by molar-refractivity contribution is 7.99. The van der Waals surface area contributed by atoms with Crippen molar-refractivity contribution < 1.29 is 4.79 Å². The standard InChI is InChI=1S/C18H28N4OS/c1-13-4-3-5-17(19-13)22-10-8-14(9-11-22)20-18(23)21-15-6-7-16(12-15)24-2/h3-5,14-16H,6-12H2,1-2H3,(H2,20,21,23)/t15-,16-/m0/s1. The molecule has 132 valence electrons. The molecule has 1 aliphatic carbocycles. The van der Waals surface area contributed by atoms with Crippen molar-refractivity contribution in [2.45, 2.75) is 56.4 Å². The third-order valence-corrected chi connectivity index (χ3v) is 6.18. The zero-order valence-corrected chi connectivity index (χ0v) is 15.4. The predicted molar refractivity (Wildman–Crippen MR) is 101 cm³/mol. The Morgan fingerprint density at radius 3 is 2.58 bits per heavy atom. The van der Waals surface area contributed by atoms with Gasteiger partial charge in [-0.1, -0.05) is 6.07 Å². The molecule has 2 atom stereocenters. The Bertz CT molecular complexity index is 560. The third-order valence-electron chi connectivity index (χ3n) is 5.08. The van der Waals surface area contributed by atoms with Crippen LogP contribution in [0.3, 0.4) is 0 Å². The molecule has 1 aromatic heterocycles. The van der Waals surface area contributed by atoms with Crippen molar-refractivity contribution in [1.82, 2.24) is 15.6 Å². The molecular formula is C18H28N4OS. The van der Waals surface area contributed by atoms with E-state index in [0.717, 1.165) is 50.3 Å². The van der Waals surface area contributed by atoms with Gasteiger partial charge in [-0.05, 0) is 57.4 Å². The second kappa shape index (κ2) is 8.10. The van der Waals surface area contributed by atoms with Crippen molar-refractivity contribution in [3.63, 3.8) is 0 Å². The van der Waals surface area contributed by atoms with Gasteiger partial charge in [-0.15, -0.1) is 0 Å². The average Bonchev–Trinajstić information content (AvgIpc) is 3.03. The maximum atomic E-state index is 12.2. The van der Waals surface area contributed by atoms with Crippen molar-refractivity contribution >= 4 is 23.6 Å². The molecule has 0 bridgehead atoms. The van der Waals surface area contributed by atoms with E-state index in [2.05, 4.69) is 38.9 Å². The first-order valence-electron chi connectivity index (χ1n) is 8.92. The molecule has 0 aromatic carbocycles. The van der Waals surface area contributed by atoms with Crippen molar-refractivity contribution in [1.29, 1.82) is 0 Å². The van der Waals surface area contributed by atoms with Gasteiger partial charge in [0.1, 0.15) is 5.82 Å². The average molecular weight is 349 g/mol. The summed E-state index contributed by atoms with van der Waals surface area (Å²) in [6.07, 6.45) is 7.53. The minimum absolute atomic E-state index is 0.00823. The summed E-state index contributed by atoms with van der Waals surface area (Å²) in [5, 5.41) is 7.02. The van der Waals surface area contributed by atoms with Crippen LogP contribution in [-0.2, 0) is 0 Å². The molecule has 1 saturated heterocycles. The van der Waals surface area contributed by atoms with Crippen LogP contribution in [0.1, 0.15) is 37.8 Å². The zero-order chi connectivity index (χ0) is 16.9. The summed E-state index contributed by atoms with van der Waals surface area (Å²) in [7, 11) is 0. The molecule has 1 aromatic rings. The summed E-state index contributed by atoms with van der Waals surface area (Å²) in [5.74, 6) is 1.05. The number of rotatable bonds is 4. The zero-order valence-electron chi connectivity index (χ0n) is 14.6. The van der Waals surface area contributed by atoms with E-state index >= 15 is 0 Å². The first-order chi connectivity index (χ1) is 11.6. The van der Waals surface area contributed by atoms with Gasteiger partial charge in [0.2, 0.25) is 0 Å². The number of urea groups is 1. The van der Waals surface area contributed by atoms with E-state index in [1.165, 1.54) is 6.42 Å². The number of anilines is 1. The summed E-state index contributed by atoms with van der Waals surface area (Å²) >= 11 is 1.91. The van der Waals surface area contributed by atoms with Gasteiger partial charge < -0.3 is 15.5 Å². The highest BCUT2D eigenvalue weighted by Crippen LogP contribution is 2.28. The number of carbonyl (C=O) groups excluding carboxylic acids is 1. The molecule has 1 aliphatic heterocycles. The Morgan fingerprint density at radius 1 is 1.17 bits per heavy atom. The quantitative estimate of drug-likeness (QED) is 0.878. The Morgan fingerprint density at radius 2 is 1.92 bits per heavy atom. The van der Waals surface area contributed by atoms with E-state index in [1.54, 1.807) is 0 Å². The number of nitrogens with one attached hydrogen (secondary N) is 2. The van der Waals surface area contributed by atoms with Gasteiger partial charge >= 0.3 is 6.03 Å². The lowest BCUT2D eigenvalue weighted by Gasteiger charge is -2.33. The molecule has 0 radical (unpaired) electrons. The lowest BCUT2D eigenvalue weighted by atomic mass is 10.1. The summed E-state index contributed by atoms with van der Waals surface area (Å²) < 4.78 is 0. The smallest absolute Gasteiger partial charge is 0.315 e. The Kier molecular flexibility index (Phi) is 5.87. The van der Waals surface area contributed by atoms with Crippen molar-refractivity contribution in [2.24, 2.45) is 0 Å². The Labute approximate surface area is 149 Å². The summed E-state index contributed by atoms with van der Waals surface area (Å²) in [6.45, 7) is 3.91. The first-order valence-corrected chi connectivity index (χ1v) is 10.2. The van der Waals surface area contributed by atoms with Gasteiger partial charge in [0.05, 0.1) is 0 Å². The van der Waals surface area contributed by atoms with Crippen molar-refractivity contribution in [3.05, 3.63) is 23.9 Å². The number of aryl methyl sites for hydroxylation is 1. The summed E-state index contributed by atoms with van der Waals surface area (Å²) in [5.41, 5.74) is 1.05. The number of hydrogen-bond donors (Lipinski definition) is 2. The van der Waals surface area contributed by atoms with Crippen LogP contribution in [-0.4, -0.2) is 47.7 Å². The molecular weight excluding hydrogens is 320 g/mol. The van der Waals surface area contributed by atoms with Crippen LogP contribution in [0, 0.1) is 6.92 Å². The van der Waals surface area contributed by atoms with Gasteiger partial charge in [-0.3, -0.25) is 0 Å². The normalized spacial score (nSPS) is 24.8. The fourth-order valence-corrected chi connectivity index (χ4v) is 4.45. The number of nitrogens with zero attached hydrogens (tertiary/aromatic N) is 2. The SMILES string of the molecule is CS[C@H]1CC[C@H](NC(=O)NC2CCN(c3cccc(C)n3)CC2)C1. The van der Waals surface area contributed by atoms with E-state index in [1.807, 2.05) is 24.8 Å². The molecule has 2 fully saturated rings. The largest absolute Gasteiger partial charge is 0.356 e. The molecule has 6 heteroatoms. The number of aromatic nitrogens is 1. The molecule has 1 saturated carbocycles. The van der Waals surface area contributed by atoms with Crippen molar-refractivity contribution in [3.8, 4) is 0 Å². The van der Waals surface area contributed by atoms with Crippen LogP contribution < -0.4 is 15.5 Å². The fourth-order valence-electron chi connectivity index (χ4n) is 3.66. The molecule has 5 nitrogen and oxygen atoms in total. The topological polar surface area (TPSA) is 57.3 Å². The first kappa shape index (κ1) is 17.4. The van der Waals surface area contributed by atoms with E-state index in [4.69, 9.17) is 0 Å². The molecule has 2 N–H and O–H groups in total. The lowest BCUT2D eigenvalue weighted by molar-refractivity contribution is 0.230. The third kappa shape index (κ3) is 4.56. The molecule has 24 heavy (non-hydrogen) atoms. The highest BCUT2D eigenvalue weighted by Gasteiger charge is 2.26. The molecule has 2 amide bonds. The van der Waals surface area contributed by atoms with E-state index in [9.17, 15) is 4.79 Å². The molecule has 2 aliphatic rings. The minimum Gasteiger partial charge on any atom is -0.356 e. The molecule has 3 rings (SSSR count). The van der Waals surface area contributed by atoms with Gasteiger partial charge in [-0.25, -0.2) is 9.78 Å². The van der Waals surface area contributed by atoms with Crippen LogP contribution >= 0.6 is 11.8 Å². The minimum atomic E-state index is 0.00823. The summed E-state index contributed by atoms with van der Waals surface area (Å²) in [4.78, 5) is 19.1. The number of hydrogen-bond acceptors (Lipinski definition) is 4. The van der Waals surface area contributed by atoms with Crippen LogP contribution in [0.5, 0.6) is 0 Å². The van der Waals surface area contributed by atoms with E-state index < -0.39 is 0 Å².